The van der Waals surface area contributed by atoms with Gasteiger partial charge in [-0.25, -0.2) is 4.98 Å². The predicted octanol–water partition coefficient (Wildman–Crippen LogP) is 2.66. The van der Waals surface area contributed by atoms with Gasteiger partial charge in [0.1, 0.15) is 5.15 Å². The van der Waals surface area contributed by atoms with Crippen LogP contribution in [0.4, 0.5) is 5.69 Å². The Morgan fingerprint density at radius 2 is 1.81 bits per heavy atom. The van der Waals surface area contributed by atoms with Crippen LogP contribution in [-0.4, -0.2) is 23.8 Å². The molecule has 1 heterocycles. The van der Waals surface area contributed by atoms with Crippen LogP contribution in [-0.2, 0) is 0 Å². The van der Waals surface area contributed by atoms with Crippen LogP contribution >= 0.6 is 11.6 Å². The molecule has 0 aliphatic carbocycles. The molecule has 0 atom stereocenters. The van der Waals surface area contributed by atoms with E-state index >= 15 is 0 Å². The van der Waals surface area contributed by atoms with E-state index in [0.29, 0.717) is 16.8 Å². The highest BCUT2D eigenvalue weighted by molar-refractivity contribution is 6.29. The van der Waals surface area contributed by atoms with Crippen LogP contribution in [0.1, 0.15) is 26.3 Å². The van der Waals surface area contributed by atoms with E-state index in [-0.39, 0.29) is 17.0 Å². The van der Waals surface area contributed by atoms with E-state index in [1.165, 1.54) is 12.3 Å². The summed E-state index contributed by atoms with van der Waals surface area (Å²) in [5.41, 5.74) is 2.32. The van der Waals surface area contributed by atoms with Gasteiger partial charge in [-0.05, 0) is 36.8 Å². The molecule has 0 unspecified atom stereocenters. The minimum Gasteiger partial charge on any atom is -0.355 e. The third-order valence-electron chi connectivity index (χ3n) is 2.96. The average Bonchev–Trinajstić information content (AvgIpc) is 2.48. The van der Waals surface area contributed by atoms with E-state index in [1.54, 1.807) is 31.3 Å². The number of pyridine rings is 1. The Morgan fingerprint density at radius 1 is 1.10 bits per heavy atom. The summed E-state index contributed by atoms with van der Waals surface area (Å²) in [5, 5.41) is 5.56. The first-order valence-corrected chi connectivity index (χ1v) is 6.64. The fourth-order valence-electron chi connectivity index (χ4n) is 1.78. The number of nitrogens with zero attached hydrogens (tertiary/aromatic N) is 1. The minimum atomic E-state index is -0.309. The number of anilines is 1. The maximum absolute atomic E-state index is 12.2. The van der Waals surface area contributed by atoms with Gasteiger partial charge in [0.05, 0.1) is 0 Å². The van der Waals surface area contributed by atoms with Crippen LogP contribution in [0, 0.1) is 6.92 Å². The normalized spacial score (nSPS) is 10.0. The predicted molar refractivity (Wildman–Crippen MR) is 81.8 cm³/mol. The molecule has 108 valence electrons. The van der Waals surface area contributed by atoms with Crippen LogP contribution in [0.3, 0.4) is 0 Å². The number of nitrogens with one attached hydrogen (secondary N) is 2. The first-order valence-electron chi connectivity index (χ1n) is 6.27. The fraction of sp³-hybridized carbons (Fsp3) is 0.133. The number of halogens is 1. The molecule has 0 aliphatic heterocycles. The number of aromatic nitrogens is 1. The molecule has 0 radical (unpaired) electrons. The number of benzene rings is 1. The van der Waals surface area contributed by atoms with Gasteiger partial charge in [-0.1, -0.05) is 17.7 Å². The van der Waals surface area contributed by atoms with Crippen molar-refractivity contribution in [3.63, 3.8) is 0 Å². The maximum Gasteiger partial charge on any atom is 0.255 e. The molecule has 1 aromatic heterocycles. The molecular formula is C15H14ClN3O2. The summed E-state index contributed by atoms with van der Waals surface area (Å²) < 4.78 is 0. The summed E-state index contributed by atoms with van der Waals surface area (Å²) in [6.07, 6.45) is 1.46. The number of aryl methyl sites for hydroxylation is 1. The summed E-state index contributed by atoms with van der Waals surface area (Å²) in [6, 6.07) is 8.16. The van der Waals surface area contributed by atoms with Gasteiger partial charge in [0.15, 0.2) is 0 Å². The molecule has 2 amide bonds. The lowest BCUT2D eigenvalue weighted by molar-refractivity contribution is 0.0961. The largest absolute Gasteiger partial charge is 0.355 e. The average molecular weight is 304 g/mol. The summed E-state index contributed by atoms with van der Waals surface area (Å²) in [4.78, 5) is 27.6. The fourth-order valence-corrected chi connectivity index (χ4v) is 1.95. The Bertz CT molecular complexity index is 701. The van der Waals surface area contributed by atoms with Crippen LogP contribution in [0.25, 0.3) is 0 Å². The zero-order valence-corrected chi connectivity index (χ0v) is 12.4. The molecule has 0 fully saturated rings. The summed E-state index contributed by atoms with van der Waals surface area (Å²) in [6.45, 7) is 1.85. The van der Waals surface area contributed by atoms with E-state index < -0.39 is 0 Å². The van der Waals surface area contributed by atoms with Gasteiger partial charge in [-0.15, -0.1) is 0 Å². The molecule has 1 aromatic carbocycles. The quantitative estimate of drug-likeness (QED) is 0.856. The summed E-state index contributed by atoms with van der Waals surface area (Å²) >= 11 is 5.76. The Hall–Kier alpha value is -2.40. The summed E-state index contributed by atoms with van der Waals surface area (Å²) in [5.74, 6) is -0.520. The van der Waals surface area contributed by atoms with Crippen molar-refractivity contribution in [3.05, 3.63) is 58.4 Å². The Labute approximate surface area is 127 Å². The number of rotatable bonds is 3. The number of carbonyl (C=O) groups excluding carboxylic acids is 2. The van der Waals surface area contributed by atoms with Crippen molar-refractivity contribution in [1.29, 1.82) is 0 Å². The molecule has 2 N–H and O–H groups in total. The molecule has 0 saturated heterocycles. The Kier molecular flexibility index (Phi) is 4.55. The second kappa shape index (κ2) is 6.37. The van der Waals surface area contributed by atoms with Gasteiger partial charge in [-0.3, -0.25) is 9.59 Å². The van der Waals surface area contributed by atoms with Crippen LogP contribution in [0.2, 0.25) is 5.15 Å². The lowest BCUT2D eigenvalue weighted by Gasteiger charge is -2.10. The van der Waals surface area contributed by atoms with Gasteiger partial charge in [0.25, 0.3) is 11.8 Å². The lowest BCUT2D eigenvalue weighted by atomic mass is 10.1. The van der Waals surface area contributed by atoms with E-state index in [2.05, 4.69) is 15.6 Å². The number of hydrogen-bond acceptors (Lipinski definition) is 3. The zero-order valence-electron chi connectivity index (χ0n) is 11.6. The van der Waals surface area contributed by atoms with E-state index in [4.69, 9.17) is 11.6 Å². The van der Waals surface area contributed by atoms with E-state index in [0.717, 1.165) is 5.56 Å². The molecule has 2 aromatic rings. The van der Waals surface area contributed by atoms with Gasteiger partial charge in [0.2, 0.25) is 0 Å². The molecular weight excluding hydrogens is 290 g/mol. The molecule has 0 aliphatic rings. The highest BCUT2D eigenvalue weighted by Gasteiger charge is 2.11. The van der Waals surface area contributed by atoms with Crippen molar-refractivity contribution in [2.75, 3.05) is 12.4 Å². The smallest absolute Gasteiger partial charge is 0.255 e. The Balaban J connectivity index is 2.26. The van der Waals surface area contributed by atoms with Crippen molar-refractivity contribution in [3.8, 4) is 0 Å². The highest BCUT2D eigenvalue weighted by atomic mass is 35.5. The van der Waals surface area contributed by atoms with Crippen molar-refractivity contribution in [1.82, 2.24) is 10.3 Å². The van der Waals surface area contributed by atoms with Crippen molar-refractivity contribution < 1.29 is 9.59 Å². The SMILES string of the molecule is CNC(=O)c1ccc(C)c(NC(=O)c2ccnc(Cl)c2)c1. The molecule has 5 nitrogen and oxygen atoms in total. The molecule has 0 bridgehead atoms. The van der Waals surface area contributed by atoms with Crippen LogP contribution in [0.15, 0.2) is 36.5 Å². The van der Waals surface area contributed by atoms with Gasteiger partial charge >= 0.3 is 0 Å². The van der Waals surface area contributed by atoms with Crippen molar-refractivity contribution in [2.45, 2.75) is 6.92 Å². The second-order valence-corrected chi connectivity index (χ2v) is 4.82. The first-order chi connectivity index (χ1) is 10.0. The molecule has 6 heteroatoms. The summed E-state index contributed by atoms with van der Waals surface area (Å²) in [7, 11) is 1.55. The van der Waals surface area contributed by atoms with E-state index in [1.807, 2.05) is 6.92 Å². The topological polar surface area (TPSA) is 71.1 Å². The minimum absolute atomic E-state index is 0.211. The molecule has 0 spiro atoms. The third kappa shape index (κ3) is 3.58. The van der Waals surface area contributed by atoms with Crippen LogP contribution < -0.4 is 10.6 Å². The maximum atomic E-state index is 12.2. The van der Waals surface area contributed by atoms with Crippen molar-refractivity contribution in [2.24, 2.45) is 0 Å². The molecule has 2 rings (SSSR count). The Morgan fingerprint density at radius 3 is 2.48 bits per heavy atom. The van der Waals surface area contributed by atoms with Gasteiger partial charge in [0, 0.05) is 30.1 Å². The standard InChI is InChI=1S/C15H14ClN3O2/c1-9-3-4-10(14(20)17-2)7-12(9)19-15(21)11-5-6-18-13(16)8-11/h3-8H,1-2H3,(H,17,20)(H,19,21). The number of carbonyl (C=O) groups is 2. The number of amides is 2. The van der Waals surface area contributed by atoms with Gasteiger partial charge < -0.3 is 10.6 Å². The molecule has 0 saturated carbocycles. The lowest BCUT2D eigenvalue weighted by Crippen LogP contribution is -2.19. The van der Waals surface area contributed by atoms with Gasteiger partial charge in [-0.2, -0.15) is 0 Å². The number of hydrogen-bond donors (Lipinski definition) is 2. The van der Waals surface area contributed by atoms with E-state index in [9.17, 15) is 9.59 Å². The molecule has 21 heavy (non-hydrogen) atoms. The second-order valence-electron chi connectivity index (χ2n) is 4.43. The van der Waals surface area contributed by atoms with Crippen LogP contribution in [0.5, 0.6) is 0 Å². The zero-order chi connectivity index (χ0) is 15.4. The van der Waals surface area contributed by atoms with Crippen molar-refractivity contribution >= 4 is 29.1 Å². The highest BCUT2D eigenvalue weighted by Crippen LogP contribution is 2.18. The third-order valence-corrected chi connectivity index (χ3v) is 3.17. The monoisotopic (exact) mass is 303 g/mol. The first kappa shape index (κ1) is 15.0.